The van der Waals surface area contributed by atoms with Crippen molar-refractivity contribution in [3.8, 4) is 0 Å². The lowest BCUT2D eigenvalue weighted by atomic mass is 10.2. The van der Waals surface area contributed by atoms with E-state index in [0.717, 1.165) is 4.90 Å². The Balaban J connectivity index is 2.50. The molecule has 0 aromatic rings. The zero-order valence-corrected chi connectivity index (χ0v) is 11.4. The number of rotatable bonds is 1. The fraction of sp³-hybridized carbons (Fsp3) is 0.750. The zero-order chi connectivity index (χ0) is 14.8. The van der Waals surface area contributed by atoms with Gasteiger partial charge < -0.3 is 14.5 Å². The van der Waals surface area contributed by atoms with Gasteiger partial charge in [-0.1, -0.05) is 6.58 Å². The molecule has 7 heteroatoms. The molecule has 0 aliphatic carbocycles. The first-order valence-corrected chi connectivity index (χ1v) is 5.99. The van der Waals surface area contributed by atoms with Gasteiger partial charge in [0.05, 0.1) is 0 Å². The molecule has 4 nitrogen and oxygen atoms in total. The fourth-order valence-electron chi connectivity index (χ4n) is 1.66. The van der Waals surface area contributed by atoms with Crippen molar-refractivity contribution in [3.63, 3.8) is 0 Å². The van der Waals surface area contributed by atoms with Crippen molar-refractivity contribution in [1.82, 2.24) is 9.80 Å². The van der Waals surface area contributed by atoms with Gasteiger partial charge in [-0.3, -0.25) is 0 Å². The van der Waals surface area contributed by atoms with E-state index >= 15 is 0 Å². The maximum atomic E-state index is 12.5. The highest BCUT2D eigenvalue weighted by Gasteiger charge is 2.37. The maximum Gasteiger partial charge on any atom is 0.430 e. The van der Waals surface area contributed by atoms with Crippen LogP contribution in [0, 0.1) is 0 Å². The van der Waals surface area contributed by atoms with Crippen LogP contribution in [0.2, 0.25) is 0 Å². The summed E-state index contributed by atoms with van der Waals surface area (Å²) < 4.78 is 42.6. The van der Waals surface area contributed by atoms with Gasteiger partial charge in [-0.2, -0.15) is 13.2 Å². The third kappa shape index (κ3) is 4.65. The predicted molar refractivity (Wildman–Crippen MR) is 64.6 cm³/mol. The van der Waals surface area contributed by atoms with E-state index in [1.807, 2.05) is 0 Å². The summed E-state index contributed by atoms with van der Waals surface area (Å²) in [6, 6.07) is 0. The molecule has 0 aromatic carbocycles. The average molecular weight is 280 g/mol. The number of hydrogen-bond acceptors (Lipinski definition) is 3. The fourth-order valence-corrected chi connectivity index (χ4v) is 1.66. The number of piperazine rings is 1. The Kier molecular flexibility index (Phi) is 4.37. The molecule has 1 aliphatic heterocycles. The van der Waals surface area contributed by atoms with Crippen LogP contribution in [0.5, 0.6) is 0 Å². The largest absolute Gasteiger partial charge is 0.444 e. The van der Waals surface area contributed by atoms with Crippen LogP contribution in [0.4, 0.5) is 18.0 Å². The molecular weight excluding hydrogens is 261 g/mol. The number of allylic oxidation sites excluding steroid dienone is 1. The Hall–Kier alpha value is -1.40. The second-order valence-corrected chi connectivity index (χ2v) is 5.40. The van der Waals surface area contributed by atoms with Crippen molar-refractivity contribution in [2.24, 2.45) is 0 Å². The Morgan fingerprint density at radius 3 is 1.84 bits per heavy atom. The molecule has 110 valence electrons. The third-order valence-electron chi connectivity index (χ3n) is 2.64. The van der Waals surface area contributed by atoms with Crippen molar-refractivity contribution in [2.75, 3.05) is 26.2 Å². The number of halogens is 3. The molecule has 0 saturated carbocycles. The van der Waals surface area contributed by atoms with Crippen molar-refractivity contribution in [3.05, 3.63) is 12.3 Å². The highest BCUT2D eigenvalue weighted by Crippen LogP contribution is 2.27. The molecule has 0 bridgehead atoms. The minimum atomic E-state index is -4.42. The van der Waals surface area contributed by atoms with Crippen molar-refractivity contribution in [2.45, 2.75) is 32.5 Å². The lowest BCUT2D eigenvalue weighted by Gasteiger charge is -2.37. The molecule has 0 aromatic heterocycles. The van der Waals surface area contributed by atoms with Crippen LogP contribution in [-0.2, 0) is 4.74 Å². The first-order chi connectivity index (χ1) is 8.50. The number of nitrogens with zero attached hydrogens (tertiary/aromatic N) is 2. The summed E-state index contributed by atoms with van der Waals surface area (Å²) in [4.78, 5) is 14.3. The molecule has 1 fully saturated rings. The number of carbonyl (C=O) groups excluding carboxylic acids is 1. The molecule has 0 N–H and O–H groups in total. The number of hydrogen-bond donors (Lipinski definition) is 0. The van der Waals surface area contributed by atoms with Crippen molar-refractivity contribution in [1.29, 1.82) is 0 Å². The van der Waals surface area contributed by atoms with Crippen molar-refractivity contribution < 1.29 is 22.7 Å². The van der Waals surface area contributed by atoms with E-state index in [0.29, 0.717) is 0 Å². The quantitative estimate of drug-likeness (QED) is 0.740. The van der Waals surface area contributed by atoms with Gasteiger partial charge in [-0.25, -0.2) is 4.79 Å². The van der Waals surface area contributed by atoms with Gasteiger partial charge in [0.2, 0.25) is 0 Å². The lowest BCUT2D eigenvalue weighted by molar-refractivity contribution is -0.113. The number of alkyl halides is 3. The van der Waals surface area contributed by atoms with E-state index in [9.17, 15) is 18.0 Å². The van der Waals surface area contributed by atoms with Crippen LogP contribution < -0.4 is 0 Å². The summed E-state index contributed by atoms with van der Waals surface area (Å²) in [6.45, 7) is 8.89. The second-order valence-electron chi connectivity index (χ2n) is 5.40. The molecule has 1 aliphatic rings. The summed E-state index contributed by atoms with van der Waals surface area (Å²) in [7, 11) is 0. The Morgan fingerprint density at radius 2 is 1.47 bits per heavy atom. The van der Waals surface area contributed by atoms with Crippen LogP contribution in [0.3, 0.4) is 0 Å². The molecule has 0 spiro atoms. The second kappa shape index (κ2) is 5.30. The first kappa shape index (κ1) is 15.7. The lowest BCUT2D eigenvalue weighted by Crippen LogP contribution is -2.50. The van der Waals surface area contributed by atoms with E-state index in [-0.39, 0.29) is 26.2 Å². The van der Waals surface area contributed by atoms with Gasteiger partial charge in [0, 0.05) is 26.2 Å². The van der Waals surface area contributed by atoms with Crippen LogP contribution in [0.1, 0.15) is 20.8 Å². The van der Waals surface area contributed by atoms with Crippen LogP contribution in [-0.4, -0.2) is 53.8 Å². The van der Waals surface area contributed by atoms with Gasteiger partial charge in [0.1, 0.15) is 11.3 Å². The molecule has 0 radical (unpaired) electrons. The van der Waals surface area contributed by atoms with E-state index in [2.05, 4.69) is 6.58 Å². The molecule has 0 atom stereocenters. The van der Waals surface area contributed by atoms with Gasteiger partial charge in [0.15, 0.2) is 0 Å². The van der Waals surface area contributed by atoms with Crippen molar-refractivity contribution >= 4 is 6.09 Å². The molecule has 1 saturated heterocycles. The van der Waals surface area contributed by atoms with E-state index in [1.54, 1.807) is 20.8 Å². The Labute approximate surface area is 110 Å². The van der Waals surface area contributed by atoms with Gasteiger partial charge in [-0.05, 0) is 20.8 Å². The topological polar surface area (TPSA) is 32.8 Å². The SMILES string of the molecule is C=C(N1CCN(C(=O)OC(C)(C)C)CC1)C(F)(F)F. The summed E-state index contributed by atoms with van der Waals surface area (Å²) >= 11 is 0. The Morgan fingerprint density at radius 1 is 1.05 bits per heavy atom. The van der Waals surface area contributed by atoms with E-state index in [4.69, 9.17) is 4.74 Å². The number of amides is 1. The standard InChI is InChI=1S/C12H19F3N2O2/c1-9(12(13,14)15)16-5-7-17(8-6-16)10(18)19-11(2,3)4/h1,5-8H2,2-4H3. The monoisotopic (exact) mass is 280 g/mol. The molecule has 1 amide bonds. The number of ether oxygens (including phenoxy) is 1. The smallest absolute Gasteiger partial charge is 0.430 e. The number of carbonyl (C=O) groups is 1. The minimum Gasteiger partial charge on any atom is -0.444 e. The molecule has 0 unspecified atom stereocenters. The van der Waals surface area contributed by atoms with Gasteiger partial charge >= 0.3 is 12.3 Å². The molecular formula is C12H19F3N2O2. The van der Waals surface area contributed by atoms with Gasteiger partial charge in [-0.15, -0.1) is 0 Å². The first-order valence-electron chi connectivity index (χ1n) is 5.99. The van der Waals surface area contributed by atoms with E-state index in [1.165, 1.54) is 4.90 Å². The average Bonchev–Trinajstić information content (AvgIpc) is 2.24. The van der Waals surface area contributed by atoms with E-state index < -0.39 is 23.6 Å². The molecule has 1 heterocycles. The summed E-state index contributed by atoms with van der Waals surface area (Å²) in [5, 5.41) is 0. The zero-order valence-electron chi connectivity index (χ0n) is 11.4. The third-order valence-corrected chi connectivity index (χ3v) is 2.64. The van der Waals surface area contributed by atoms with Crippen LogP contribution in [0.15, 0.2) is 12.3 Å². The maximum absolute atomic E-state index is 12.5. The van der Waals surface area contributed by atoms with Crippen LogP contribution >= 0.6 is 0 Å². The highest BCUT2D eigenvalue weighted by atomic mass is 19.4. The normalized spacial score (nSPS) is 17.4. The minimum absolute atomic E-state index is 0.109. The summed E-state index contributed by atoms with van der Waals surface area (Å²) in [5.74, 6) is 0. The van der Waals surface area contributed by atoms with Gasteiger partial charge in [0.25, 0.3) is 0 Å². The molecule has 1 rings (SSSR count). The molecule has 19 heavy (non-hydrogen) atoms. The summed E-state index contributed by atoms with van der Waals surface area (Å²) in [6.07, 6.45) is -4.92. The van der Waals surface area contributed by atoms with Crippen LogP contribution in [0.25, 0.3) is 0 Å². The predicted octanol–water partition coefficient (Wildman–Crippen LogP) is 2.62. The summed E-state index contributed by atoms with van der Waals surface area (Å²) in [5.41, 5.74) is -1.47. The highest BCUT2D eigenvalue weighted by molar-refractivity contribution is 5.68. The Bertz CT molecular complexity index is 353.